The minimum Gasteiger partial charge on any atom is -0.478 e. The number of allylic oxidation sites excluding steroid dienone is 3. The zero-order chi connectivity index (χ0) is 18.4. The Morgan fingerprint density at radius 3 is 2.52 bits per heavy atom. The molecule has 0 bridgehead atoms. The normalized spacial score (nSPS) is 19.9. The first-order chi connectivity index (χ1) is 11.9. The van der Waals surface area contributed by atoms with Crippen LogP contribution in [0.4, 0.5) is 0 Å². The molecule has 0 saturated heterocycles. The van der Waals surface area contributed by atoms with Gasteiger partial charge in [-0.1, -0.05) is 42.5 Å². The molecule has 1 atom stereocenters. The van der Waals surface area contributed by atoms with Gasteiger partial charge < -0.3 is 9.84 Å². The summed E-state index contributed by atoms with van der Waals surface area (Å²) >= 11 is 0. The highest BCUT2D eigenvalue weighted by Crippen LogP contribution is 2.28. The SMILES string of the molecule is CCOC(=O)C1([N+](=O)[O-])C=CC(C=C(C(=O)O)c2ccccc2)=CC1. The van der Waals surface area contributed by atoms with E-state index in [4.69, 9.17) is 4.74 Å². The van der Waals surface area contributed by atoms with Crippen molar-refractivity contribution in [2.45, 2.75) is 18.9 Å². The Bertz CT molecular complexity index is 778. The third-order valence-electron chi connectivity index (χ3n) is 3.78. The van der Waals surface area contributed by atoms with E-state index in [1.165, 1.54) is 18.2 Å². The van der Waals surface area contributed by atoms with Crippen LogP contribution in [0.1, 0.15) is 18.9 Å². The van der Waals surface area contributed by atoms with Crippen LogP contribution in [0.3, 0.4) is 0 Å². The minimum absolute atomic E-state index is 0.0376. The maximum absolute atomic E-state index is 12.0. The first-order valence-electron chi connectivity index (χ1n) is 7.62. The van der Waals surface area contributed by atoms with E-state index in [1.807, 2.05) is 0 Å². The largest absolute Gasteiger partial charge is 0.478 e. The molecule has 0 heterocycles. The lowest BCUT2D eigenvalue weighted by Gasteiger charge is -2.21. The molecule has 2 rings (SSSR count). The van der Waals surface area contributed by atoms with Gasteiger partial charge in [0.2, 0.25) is 0 Å². The van der Waals surface area contributed by atoms with Crippen molar-refractivity contribution >= 4 is 17.5 Å². The van der Waals surface area contributed by atoms with Crippen molar-refractivity contribution in [2.75, 3.05) is 6.61 Å². The average Bonchev–Trinajstić information content (AvgIpc) is 2.60. The fourth-order valence-electron chi connectivity index (χ4n) is 2.42. The number of esters is 1. The van der Waals surface area contributed by atoms with Gasteiger partial charge in [0.05, 0.1) is 18.6 Å². The molecule has 0 spiro atoms. The number of benzene rings is 1. The number of ether oxygens (including phenoxy) is 1. The summed E-state index contributed by atoms with van der Waals surface area (Å²) in [5.74, 6) is -2.05. The van der Waals surface area contributed by atoms with Gasteiger partial charge in [-0.3, -0.25) is 10.1 Å². The van der Waals surface area contributed by atoms with E-state index in [0.717, 1.165) is 6.08 Å². The molecule has 0 aliphatic heterocycles. The molecular formula is C18H17NO6. The number of carboxylic acids is 1. The van der Waals surface area contributed by atoms with Crippen LogP contribution < -0.4 is 0 Å². The Labute approximate surface area is 144 Å². The molecule has 0 fully saturated rings. The number of nitro groups is 1. The van der Waals surface area contributed by atoms with Crippen LogP contribution in [0, 0.1) is 10.1 Å². The van der Waals surface area contributed by atoms with Crippen molar-refractivity contribution in [1.82, 2.24) is 0 Å². The van der Waals surface area contributed by atoms with Gasteiger partial charge in [-0.05, 0) is 24.1 Å². The summed E-state index contributed by atoms with van der Waals surface area (Å²) < 4.78 is 4.80. The summed E-state index contributed by atoms with van der Waals surface area (Å²) in [4.78, 5) is 34.1. The number of hydrogen-bond donors (Lipinski definition) is 1. The number of hydrogen-bond acceptors (Lipinski definition) is 5. The maximum Gasteiger partial charge on any atom is 0.389 e. The quantitative estimate of drug-likeness (QED) is 0.368. The monoisotopic (exact) mass is 343 g/mol. The van der Waals surface area contributed by atoms with Gasteiger partial charge in [0.25, 0.3) is 0 Å². The molecule has 25 heavy (non-hydrogen) atoms. The number of carboxylic acid groups (broad SMARTS) is 1. The van der Waals surface area contributed by atoms with Gasteiger partial charge in [-0.2, -0.15) is 0 Å². The van der Waals surface area contributed by atoms with Crippen molar-refractivity contribution in [3.63, 3.8) is 0 Å². The van der Waals surface area contributed by atoms with Crippen LogP contribution in [0.15, 0.2) is 60.2 Å². The Morgan fingerprint density at radius 2 is 2.04 bits per heavy atom. The molecule has 0 aromatic heterocycles. The van der Waals surface area contributed by atoms with Crippen molar-refractivity contribution < 1.29 is 24.4 Å². The minimum atomic E-state index is -1.97. The van der Waals surface area contributed by atoms with Gasteiger partial charge in [0, 0.05) is 11.0 Å². The van der Waals surface area contributed by atoms with Gasteiger partial charge in [-0.15, -0.1) is 0 Å². The summed E-state index contributed by atoms with van der Waals surface area (Å²) in [6.07, 6.45) is 5.20. The van der Waals surface area contributed by atoms with E-state index in [0.29, 0.717) is 11.1 Å². The van der Waals surface area contributed by atoms with Crippen LogP contribution in [-0.2, 0) is 14.3 Å². The molecule has 130 valence electrons. The Kier molecular flexibility index (Phi) is 5.49. The van der Waals surface area contributed by atoms with Crippen molar-refractivity contribution in [3.8, 4) is 0 Å². The lowest BCUT2D eigenvalue weighted by atomic mass is 9.88. The predicted molar refractivity (Wildman–Crippen MR) is 90.3 cm³/mol. The number of nitrogens with zero attached hydrogens (tertiary/aromatic N) is 1. The second-order valence-electron chi connectivity index (χ2n) is 5.37. The van der Waals surface area contributed by atoms with E-state index < -0.39 is 22.4 Å². The second kappa shape index (κ2) is 7.57. The highest BCUT2D eigenvalue weighted by molar-refractivity contribution is 6.16. The molecule has 0 amide bonds. The van der Waals surface area contributed by atoms with Crippen molar-refractivity contribution in [1.29, 1.82) is 0 Å². The first kappa shape index (κ1) is 18.1. The summed E-state index contributed by atoms with van der Waals surface area (Å²) in [6, 6.07) is 8.53. The molecule has 0 radical (unpaired) electrons. The third kappa shape index (κ3) is 3.82. The van der Waals surface area contributed by atoms with Crippen LogP contribution in [0.25, 0.3) is 5.57 Å². The van der Waals surface area contributed by atoms with E-state index >= 15 is 0 Å². The smallest absolute Gasteiger partial charge is 0.389 e. The number of aliphatic carboxylic acids is 1. The van der Waals surface area contributed by atoms with Gasteiger partial charge in [-0.25, -0.2) is 9.59 Å². The molecule has 0 saturated carbocycles. The predicted octanol–water partition coefficient (Wildman–Crippen LogP) is 2.62. The van der Waals surface area contributed by atoms with E-state index in [2.05, 4.69) is 0 Å². The van der Waals surface area contributed by atoms with Crippen LogP contribution >= 0.6 is 0 Å². The van der Waals surface area contributed by atoms with Crippen LogP contribution in [0.5, 0.6) is 0 Å². The fraction of sp³-hybridized carbons (Fsp3) is 0.222. The molecule has 1 aliphatic rings. The first-order valence-corrected chi connectivity index (χ1v) is 7.62. The zero-order valence-electron chi connectivity index (χ0n) is 13.5. The van der Waals surface area contributed by atoms with Crippen molar-refractivity contribution in [2.24, 2.45) is 0 Å². The molecule has 7 heteroatoms. The summed E-state index contributed by atoms with van der Waals surface area (Å²) in [5.41, 5.74) is -0.922. The van der Waals surface area contributed by atoms with Crippen LogP contribution in [-0.4, -0.2) is 34.1 Å². The van der Waals surface area contributed by atoms with Gasteiger partial charge >= 0.3 is 17.5 Å². The second-order valence-corrected chi connectivity index (χ2v) is 5.37. The Hall–Kier alpha value is -3.22. The van der Waals surface area contributed by atoms with Gasteiger partial charge in [0.15, 0.2) is 0 Å². The lowest BCUT2D eigenvalue weighted by molar-refractivity contribution is -0.540. The molecule has 1 aromatic rings. The molecule has 1 N–H and O–H groups in total. The van der Waals surface area contributed by atoms with Crippen molar-refractivity contribution in [3.05, 3.63) is 75.9 Å². The van der Waals surface area contributed by atoms with E-state index in [9.17, 15) is 24.8 Å². The molecular weight excluding hydrogens is 326 g/mol. The van der Waals surface area contributed by atoms with Crippen LogP contribution in [0.2, 0.25) is 0 Å². The summed E-state index contributed by atoms with van der Waals surface area (Å²) in [7, 11) is 0. The van der Waals surface area contributed by atoms with Gasteiger partial charge in [0.1, 0.15) is 0 Å². The molecule has 7 nitrogen and oxygen atoms in total. The number of rotatable bonds is 6. The third-order valence-corrected chi connectivity index (χ3v) is 3.78. The summed E-state index contributed by atoms with van der Waals surface area (Å²) in [5, 5.41) is 20.8. The highest BCUT2D eigenvalue weighted by atomic mass is 16.6. The zero-order valence-corrected chi connectivity index (χ0v) is 13.5. The summed E-state index contributed by atoms with van der Waals surface area (Å²) in [6.45, 7) is 1.61. The lowest BCUT2D eigenvalue weighted by Crippen LogP contribution is -2.46. The topological polar surface area (TPSA) is 107 Å². The molecule has 1 aromatic carbocycles. The Morgan fingerprint density at radius 1 is 1.36 bits per heavy atom. The highest BCUT2D eigenvalue weighted by Gasteiger charge is 2.50. The average molecular weight is 343 g/mol. The number of carbonyl (C=O) groups is 2. The van der Waals surface area contributed by atoms with E-state index in [1.54, 1.807) is 37.3 Å². The standard InChI is InChI=1S/C18H17NO6/c1-2-25-17(22)18(19(23)24)10-8-13(9-11-18)12-15(16(20)21)14-6-4-3-5-7-14/h3-10,12H,2,11H2,1H3,(H,20,21). The Balaban J connectivity index is 2.33. The fourth-order valence-corrected chi connectivity index (χ4v) is 2.42. The van der Waals surface area contributed by atoms with E-state index in [-0.39, 0.29) is 18.6 Å². The molecule has 1 unspecified atom stereocenters. The molecule has 1 aliphatic carbocycles. The number of carbonyl (C=O) groups excluding carboxylic acids is 1. The maximum atomic E-state index is 12.0.